The van der Waals surface area contributed by atoms with Gasteiger partial charge in [0.2, 0.25) is 5.65 Å². The third-order valence-corrected chi connectivity index (χ3v) is 7.97. The van der Waals surface area contributed by atoms with Crippen LogP contribution in [-0.2, 0) is 11.8 Å². The molecule has 7 heterocycles. The van der Waals surface area contributed by atoms with Gasteiger partial charge in [0.05, 0.1) is 36.2 Å². The van der Waals surface area contributed by atoms with Gasteiger partial charge in [0.1, 0.15) is 11.6 Å². The Bertz CT molecular complexity index is 1640. The van der Waals surface area contributed by atoms with Crippen LogP contribution in [0.1, 0.15) is 23.2 Å². The number of anilines is 3. The summed E-state index contributed by atoms with van der Waals surface area (Å²) < 4.78 is 13.2. The average Bonchev–Trinajstić information content (AvgIpc) is 3.70. The van der Waals surface area contributed by atoms with Crippen LogP contribution in [0.2, 0.25) is 0 Å². The number of morpholine rings is 1. The zero-order chi connectivity index (χ0) is 28.1. The van der Waals surface area contributed by atoms with Gasteiger partial charge in [-0.25, -0.2) is 14.8 Å². The maximum absolute atomic E-state index is 13.7. The molecule has 0 unspecified atom stereocenters. The highest BCUT2D eigenvalue weighted by Crippen LogP contribution is 2.41. The molecule has 3 aliphatic heterocycles. The summed E-state index contributed by atoms with van der Waals surface area (Å²) in [4.78, 5) is 45.0. The number of carbonyl (C=O) groups excluding carboxylic acids is 1. The van der Waals surface area contributed by atoms with E-state index in [9.17, 15) is 14.7 Å². The van der Waals surface area contributed by atoms with Crippen molar-refractivity contribution < 1.29 is 23.8 Å². The molecule has 3 fully saturated rings. The van der Waals surface area contributed by atoms with Gasteiger partial charge in [-0.15, -0.1) is 0 Å². The third-order valence-electron chi connectivity index (χ3n) is 7.97. The summed E-state index contributed by atoms with van der Waals surface area (Å²) in [5.41, 5.74) is 2.10. The van der Waals surface area contributed by atoms with E-state index in [1.165, 1.54) is 4.90 Å². The maximum Gasteiger partial charge on any atom is 0.407 e. The minimum absolute atomic E-state index is 0.297. The number of carbonyl (C=O) groups is 2. The van der Waals surface area contributed by atoms with E-state index in [0.29, 0.717) is 86.1 Å². The summed E-state index contributed by atoms with van der Waals surface area (Å²) in [6, 6.07) is 7.47. The van der Waals surface area contributed by atoms with Crippen molar-refractivity contribution in [1.82, 2.24) is 29.6 Å². The number of likely N-dealkylation sites (tertiary alicyclic amines) is 1. The van der Waals surface area contributed by atoms with E-state index in [1.54, 1.807) is 23.0 Å². The quantitative estimate of drug-likeness (QED) is 0.370. The van der Waals surface area contributed by atoms with Crippen molar-refractivity contribution in [2.75, 3.05) is 61.1 Å². The molecule has 2 amide bonds. The first-order chi connectivity index (χ1) is 19.9. The molecule has 7 rings (SSSR count). The number of aryl methyl sites for hydroxylation is 1. The fraction of sp³-hybridized carbons (Fsp3) is 0.407. The number of nitrogens with one attached hydrogen (secondary N) is 1. The van der Waals surface area contributed by atoms with Gasteiger partial charge in [0.25, 0.3) is 11.9 Å². The predicted octanol–water partition coefficient (Wildman–Crippen LogP) is 2.44. The molecule has 2 N–H and O–H groups in total. The molecule has 4 aromatic heterocycles. The van der Waals surface area contributed by atoms with Crippen molar-refractivity contribution in [2.24, 2.45) is 7.05 Å². The molecule has 0 atom stereocenters. The molecule has 1 spiro atoms. The van der Waals surface area contributed by atoms with Crippen LogP contribution in [0.3, 0.4) is 0 Å². The molecule has 0 aliphatic carbocycles. The van der Waals surface area contributed by atoms with Crippen LogP contribution >= 0.6 is 0 Å². The molecule has 0 radical (unpaired) electrons. The van der Waals surface area contributed by atoms with Crippen molar-refractivity contribution >= 4 is 40.9 Å². The van der Waals surface area contributed by atoms with E-state index in [4.69, 9.17) is 14.1 Å². The highest BCUT2D eigenvalue weighted by atomic mass is 16.5. The lowest BCUT2D eigenvalue weighted by Gasteiger charge is -2.52. The number of rotatable bonds is 5. The van der Waals surface area contributed by atoms with Crippen LogP contribution in [0.4, 0.5) is 22.4 Å². The summed E-state index contributed by atoms with van der Waals surface area (Å²) in [6.07, 6.45) is 4.22. The molecule has 14 nitrogen and oxygen atoms in total. The lowest BCUT2D eigenvalue weighted by atomic mass is 9.86. The van der Waals surface area contributed by atoms with Crippen LogP contribution in [0.5, 0.6) is 0 Å². The zero-order valence-electron chi connectivity index (χ0n) is 22.5. The van der Waals surface area contributed by atoms with E-state index in [0.717, 1.165) is 18.4 Å². The lowest BCUT2D eigenvalue weighted by molar-refractivity contribution is 0.0841. The largest absolute Gasteiger partial charge is 0.465 e. The van der Waals surface area contributed by atoms with Gasteiger partial charge in [-0.2, -0.15) is 10.1 Å². The minimum Gasteiger partial charge on any atom is -0.465 e. The molecule has 41 heavy (non-hydrogen) atoms. The minimum atomic E-state index is -0.922. The highest BCUT2D eigenvalue weighted by molar-refractivity contribution is 6.09. The summed E-state index contributed by atoms with van der Waals surface area (Å²) in [7, 11) is 1.83. The second-order valence-electron chi connectivity index (χ2n) is 10.7. The number of hydrogen-bond acceptors (Lipinski definition) is 10. The molecule has 14 heteroatoms. The number of aromatic nitrogens is 5. The fourth-order valence-corrected chi connectivity index (χ4v) is 5.92. The second-order valence-corrected chi connectivity index (χ2v) is 10.7. The topological polar surface area (TPSA) is 155 Å². The van der Waals surface area contributed by atoms with Gasteiger partial charge in [-0.05, 0) is 25.0 Å². The van der Waals surface area contributed by atoms with Gasteiger partial charge in [-0.3, -0.25) is 14.4 Å². The van der Waals surface area contributed by atoms with Gasteiger partial charge in [0, 0.05) is 57.6 Å². The molecule has 4 aromatic rings. The first kappa shape index (κ1) is 25.3. The maximum atomic E-state index is 13.7. The Morgan fingerprint density at radius 1 is 1.07 bits per heavy atom. The summed E-state index contributed by atoms with van der Waals surface area (Å²) in [5.74, 6) is 0.405. The van der Waals surface area contributed by atoms with E-state index in [1.807, 2.05) is 35.2 Å². The Morgan fingerprint density at radius 2 is 1.90 bits per heavy atom. The number of hydrogen-bond donors (Lipinski definition) is 2. The van der Waals surface area contributed by atoms with E-state index in [-0.39, 0.29) is 0 Å². The van der Waals surface area contributed by atoms with Crippen LogP contribution in [0, 0.1) is 0 Å². The van der Waals surface area contributed by atoms with Crippen molar-refractivity contribution in [3.63, 3.8) is 0 Å². The predicted molar refractivity (Wildman–Crippen MR) is 148 cm³/mol. The van der Waals surface area contributed by atoms with Gasteiger partial charge in [0.15, 0.2) is 5.58 Å². The standard InChI is InChI=1S/C27H29N9O5/c1-33-14-17(13-28-33)19-4-2-5-21(29-19)30-24(37)18-12-20-22(32-25(41-20)34-8-10-40-11-9-34)31-23(18)35-15-27(16-35)6-3-7-36(27)26(38)39/h2,4-5,12-14H,3,6-11,15-16H2,1H3,(H,38,39)(H,29,30,37). The monoisotopic (exact) mass is 559 g/mol. The van der Waals surface area contributed by atoms with E-state index < -0.39 is 17.5 Å². The molecule has 3 aliphatic rings. The normalized spacial score (nSPS) is 18.2. The van der Waals surface area contributed by atoms with Crippen LogP contribution < -0.4 is 15.1 Å². The third kappa shape index (κ3) is 4.49. The van der Waals surface area contributed by atoms with E-state index in [2.05, 4.69) is 20.4 Å². The summed E-state index contributed by atoms with van der Waals surface area (Å²) >= 11 is 0. The molecule has 0 saturated carbocycles. The first-order valence-corrected chi connectivity index (χ1v) is 13.6. The van der Waals surface area contributed by atoms with Crippen molar-refractivity contribution in [2.45, 2.75) is 18.4 Å². The van der Waals surface area contributed by atoms with Crippen LogP contribution in [-0.4, -0.2) is 98.2 Å². The molecule has 3 saturated heterocycles. The zero-order valence-corrected chi connectivity index (χ0v) is 22.5. The molecular weight excluding hydrogens is 530 g/mol. The number of amides is 2. The number of nitrogens with zero attached hydrogens (tertiary/aromatic N) is 8. The number of carboxylic acid groups (broad SMARTS) is 1. The smallest absolute Gasteiger partial charge is 0.407 e. The average molecular weight is 560 g/mol. The fourth-order valence-electron chi connectivity index (χ4n) is 5.92. The Hall–Kier alpha value is -4.72. The Labute approximate surface area is 234 Å². The second kappa shape index (κ2) is 9.73. The highest BCUT2D eigenvalue weighted by Gasteiger charge is 2.53. The van der Waals surface area contributed by atoms with Crippen molar-refractivity contribution in [1.29, 1.82) is 0 Å². The summed E-state index contributed by atoms with van der Waals surface area (Å²) in [6.45, 7) is 3.84. The van der Waals surface area contributed by atoms with Crippen molar-refractivity contribution in [3.05, 3.63) is 42.2 Å². The van der Waals surface area contributed by atoms with E-state index >= 15 is 0 Å². The SMILES string of the molecule is Cn1cc(-c2cccc(NC(=O)c3cc4oc(N5CCOCC5)nc4nc3N3CC4(CCCN4C(=O)O)C3)n2)cn1. The molecule has 0 aromatic carbocycles. The van der Waals surface area contributed by atoms with Crippen LogP contribution in [0.15, 0.2) is 41.1 Å². The van der Waals surface area contributed by atoms with Gasteiger partial charge < -0.3 is 29.4 Å². The Kier molecular flexibility index (Phi) is 5.99. The lowest BCUT2D eigenvalue weighted by Crippen LogP contribution is -2.69. The number of oxazole rings is 1. The number of pyridine rings is 2. The first-order valence-electron chi connectivity index (χ1n) is 13.6. The molecular formula is C27H29N9O5. The van der Waals surface area contributed by atoms with Gasteiger partial charge in [-0.1, -0.05) is 6.07 Å². The van der Waals surface area contributed by atoms with Gasteiger partial charge >= 0.3 is 6.09 Å². The summed E-state index contributed by atoms with van der Waals surface area (Å²) in [5, 5.41) is 16.8. The molecule has 0 bridgehead atoms. The Morgan fingerprint density at radius 3 is 2.66 bits per heavy atom. The van der Waals surface area contributed by atoms with Crippen molar-refractivity contribution in [3.8, 4) is 11.3 Å². The Balaban J connectivity index is 1.22. The molecule has 212 valence electrons. The van der Waals surface area contributed by atoms with Crippen LogP contribution in [0.25, 0.3) is 22.5 Å². The number of ether oxygens (including phenoxy) is 1. The number of fused-ring (bicyclic) bond motifs is 1.